The van der Waals surface area contributed by atoms with Gasteiger partial charge in [0, 0.05) is 36.0 Å². The van der Waals surface area contributed by atoms with Crippen LogP contribution in [-0.4, -0.2) is 142 Å². The van der Waals surface area contributed by atoms with E-state index in [1.165, 1.54) is 23.8 Å². The number of likely N-dealkylation sites (tertiary alicyclic amines) is 1. The number of rotatable bonds is 23. The molecule has 0 radical (unpaired) electrons. The van der Waals surface area contributed by atoms with Crippen LogP contribution in [0.2, 0.25) is 0 Å². The summed E-state index contributed by atoms with van der Waals surface area (Å²) in [4.78, 5) is 47.6. The maximum atomic E-state index is 14.4. The number of nitrogens with one attached hydrogen (secondary N) is 5. The first-order valence-electron chi connectivity index (χ1n) is 25.0. The summed E-state index contributed by atoms with van der Waals surface area (Å²) >= 11 is 0. The number of hydrogen-bond donors (Lipinski definition) is 5. The van der Waals surface area contributed by atoms with Gasteiger partial charge in [0.15, 0.2) is 15.7 Å². The lowest BCUT2D eigenvalue weighted by Crippen LogP contribution is -2.59. The molecule has 20 heteroatoms. The second-order valence-corrected chi connectivity index (χ2v) is 23.2. The number of likely N-dealkylation sites (N-methyl/N-ethyl adjacent to an activating group) is 1. The van der Waals surface area contributed by atoms with Crippen molar-refractivity contribution in [3.63, 3.8) is 0 Å². The lowest BCUT2D eigenvalue weighted by atomic mass is 9.85. The predicted molar refractivity (Wildman–Crippen MR) is 276 cm³/mol. The Morgan fingerprint density at radius 2 is 1.59 bits per heavy atom. The molecule has 73 heavy (non-hydrogen) atoms. The Balaban J connectivity index is 0.859. The van der Waals surface area contributed by atoms with E-state index >= 15 is 0 Å². The number of carbonyl (C=O) groups excluding carboxylic acids is 3. The van der Waals surface area contributed by atoms with Crippen molar-refractivity contribution in [1.82, 2.24) is 36.0 Å². The third-order valence-electron chi connectivity index (χ3n) is 13.3. The molecule has 0 saturated carbocycles. The van der Waals surface area contributed by atoms with Crippen molar-refractivity contribution in [3.05, 3.63) is 83.8 Å². The number of aryl methyl sites for hydroxylation is 1. The van der Waals surface area contributed by atoms with Gasteiger partial charge >= 0.3 is 0 Å². The van der Waals surface area contributed by atoms with Crippen LogP contribution in [0.25, 0.3) is 21.8 Å². The van der Waals surface area contributed by atoms with Crippen LogP contribution in [0, 0.1) is 11.2 Å². The molecule has 0 bridgehead atoms. The van der Waals surface area contributed by atoms with Crippen molar-refractivity contribution in [3.8, 4) is 5.75 Å². The summed E-state index contributed by atoms with van der Waals surface area (Å²) in [6.45, 7) is 14.3. The molecular weight excluding hydrogens is 960 g/mol. The number of carbonyl (C=O) groups is 3. The zero-order valence-corrected chi connectivity index (χ0v) is 44.0. The number of aromatic amines is 1. The van der Waals surface area contributed by atoms with Gasteiger partial charge in [-0.3, -0.25) is 24.5 Å². The molecule has 396 valence electrons. The molecule has 5 atom stereocenters. The number of halogens is 1. The van der Waals surface area contributed by atoms with Gasteiger partial charge in [-0.15, -0.1) is 0 Å². The minimum Gasteiger partial charge on any atom is -0.490 e. The van der Waals surface area contributed by atoms with Crippen LogP contribution in [0.5, 0.6) is 5.75 Å². The van der Waals surface area contributed by atoms with E-state index in [2.05, 4.69) is 42.5 Å². The number of nitrogens with zero attached hydrogens (tertiary/aromatic N) is 3. The zero-order valence-electron chi connectivity index (χ0n) is 43.1. The maximum absolute atomic E-state index is 14.4. The molecule has 0 spiro atoms. The number of benzene rings is 3. The van der Waals surface area contributed by atoms with Crippen LogP contribution in [0.3, 0.4) is 0 Å². The molecule has 1 saturated heterocycles. The second kappa shape index (κ2) is 24.1. The Morgan fingerprint density at radius 1 is 0.890 bits per heavy atom. The maximum Gasteiger partial charge on any atom is 0.246 e. The largest absolute Gasteiger partial charge is 0.490 e. The van der Waals surface area contributed by atoms with E-state index < -0.39 is 50.0 Å². The van der Waals surface area contributed by atoms with Crippen LogP contribution >= 0.6 is 0 Å². The van der Waals surface area contributed by atoms with Crippen LogP contribution in [-0.2, 0) is 49.6 Å². The predicted octanol–water partition coefficient (Wildman–Crippen LogP) is 6.31. The molecule has 1 aliphatic carbocycles. The topological polar surface area (TPSA) is 224 Å². The van der Waals surface area contributed by atoms with E-state index in [0.29, 0.717) is 52.9 Å². The van der Waals surface area contributed by atoms with E-state index in [1.54, 1.807) is 64.0 Å². The Morgan fingerprint density at radius 3 is 2.29 bits per heavy atom. The summed E-state index contributed by atoms with van der Waals surface area (Å²) < 4.78 is 70.2. The number of pyridine rings is 1. The van der Waals surface area contributed by atoms with Gasteiger partial charge in [-0.25, -0.2) is 12.8 Å². The van der Waals surface area contributed by atoms with Crippen LogP contribution in [0.15, 0.2) is 71.8 Å². The van der Waals surface area contributed by atoms with Gasteiger partial charge in [-0.2, -0.15) is 5.10 Å². The van der Waals surface area contributed by atoms with Gasteiger partial charge in [-0.1, -0.05) is 45.0 Å². The van der Waals surface area contributed by atoms with Crippen LogP contribution in [0.1, 0.15) is 84.9 Å². The molecule has 1 fully saturated rings. The highest BCUT2D eigenvalue weighted by atomic mass is 32.2. The van der Waals surface area contributed by atoms with E-state index in [4.69, 9.17) is 23.7 Å². The summed E-state index contributed by atoms with van der Waals surface area (Å²) in [5.41, 5.74) is 3.30. The number of H-pyrrole nitrogens is 1. The smallest absolute Gasteiger partial charge is 0.246 e. The average Bonchev–Trinajstić information content (AvgIpc) is 3.97. The van der Waals surface area contributed by atoms with Crippen LogP contribution < -0.4 is 26.0 Å². The van der Waals surface area contributed by atoms with Gasteiger partial charge in [-0.05, 0) is 101 Å². The number of hydrogen-bond acceptors (Lipinski definition) is 14. The molecule has 1 aliphatic heterocycles. The van der Waals surface area contributed by atoms with E-state index in [-0.39, 0.29) is 80.6 Å². The number of aromatic nitrogens is 3. The van der Waals surface area contributed by atoms with Gasteiger partial charge in [0.25, 0.3) is 0 Å². The van der Waals surface area contributed by atoms with E-state index in [9.17, 15) is 27.2 Å². The molecule has 2 unspecified atom stereocenters. The van der Waals surface area contributed by atoms with E-state index in [1.807, 2.05) is 39.0 Å². The monoisotopic (exact) mass is 1030 g/mol. The van der Waals surface area contributed by atoms with Crippen molar-refractivity contribution >= 4 is 60.9 Å². The first-order valence-corrected chi connectivity index (χ1v) is 26.5. The first kappa shape index (κ1) is 55.0. The lowest BCUT2D eigenvalue weighted by Gasteiger charge is -2.36. The molecule has 3 heterocycles. The van der Waals surface area contributed by atoms with Crippen LogP contribution in [0.4, 0.5) is 15.9 Å². The molecule has 18 nitrogen and oxygen atoms in total. The molecule has 5 N–H and O–H groups in total. The standard InChI is InChI=1S/C53H71FN8O10S/c1-33(55-8)49(63)59-47(52(2,3)4)51(65)62-32-36(29-44(62)50(64)58-40-15-11-13-34-12-9-10-14-37(34)40)71-26-24-69-22-20-68-21-23-70-25-27-72-45-31-43-38(30-46(45)73(66,67)53(5,6)7)41(18-19-56-43)57-48-39-28-35(54)16-17-42(39)60-61-48/h9-10,12,14,16-19,28,30-31,33,36,40,44,47,55H,11,13,15,20-27,29,32H2,1-8H3,(H,58,64)(H,59,63)(H2,56,57,60,61)/t33?,36-,40+,44-,47?/m0/s1. The fourth-order valence-corrected chi connectivity index (χ4v) is 10.3. The molecule has 3 aromatic carbocycles. The SMILES string of the molecule is CNC(C)C(=O)NC(C(=O)N1C[C@@H](OCCOCCOCCOCCOc2cc3nccc(Nc4n[nH]c5ccc(F)cc45)c3cc2S(=O)(=O)C(C)(C)C)C[C@H]1C(=O)N[C@@H]1CCCc2ccccc21)C(C)(C)C. The summed E-state index contributed by atoms with van der Waals surface area (Å²) in [6.07, 6.45) is 4.14. The van der Waals surface area contributed by atoms with Gasteiger partial charge in [0.1, 0.15) is 35.2 Å². The number of anilines is 2. The molecule has 3 amide bonds. The molecule has 2 aliphatic rings. The first-order chi connectivity index (χ1) is 34.8. The van der Waals surface area contributed by atoms with Gasteiger partial charge in [0.05, 0.1) is 85.9 Å². The average molecular weight is 1030 g/mol. The Kier molecular flexibility index (Phi) is 18.1. The van der Waals surface area contributed by atoms with Crippen molar-refractivity contribution in [2.75, 3.05) is 71.8 Å². The summed E-state index contributed by atoms with van der Waals surface area (Å²) in [6, 6.07) is 14.9. The fourth-order valence-electron chi connectivity index (χ4n) is 8.95. The molecule has 2 aromatic heterocycles. The summed E-state index contributed by atoms with van der Waals surface area (Å²) in [5, 5.41) is 20.5. The molecule has 7 rings (SSSR count). The third kappa shape index (κ3) is 13.5. The van der Waals surface area contributed by atoms with Gasteiger partial charge in [0.2, 0.25) is 17.7 Å². The highest BCUT2D eigenvalue weighted by Crippen LogP contribution is 2.38. The normalized spacial score (nSPS) is 18.1. The molecular formula is C53H71FN8O10S. The number of amides is 3. The zero-order chi connectivity index (χ0) is 52.5. The van der Waals surface area contributed by atoms with Crippen molar-refractivity contribution in [1.29, 1.82) is 0 Å². The highest BCUT2D eigenvalue weighted by molar-refractivity contribution is 7.92. The minimum absolute atomic E-state index is 0.00435. The highest BCUT2D eigenvalue weighted by Gasteiger charge is 2.46. The molecule has 5 aromatic rings. The third-order valence-corrected chi connectivity index (χ3v) is 15.8. The quantitative estimate of drug-likeness (QED) is 0.0453. The number of sulfone groups is 1. The van der Waals surface area contributed by atoms with Crippen molar-refractivity contribution in [2.45, 2.75) is 114 Å². The second-order valence-electron chi connectivity index (χ2n) is 20.6. The Bertz CT molecular complexity index is 2830. The Labute approximate surface area is 427 Å². The van der Waals surface area contributed by atoms with Crippen molar-refractivity contribution < 1.29 is 50.9 Å². The van der Waals surface area contributed by atoms with Gasteiger partial charge < -0.3 is 49.9 Å². The van der Waals surface area contributed by atoms with E-state index in [0.717, 1.165) is 24.8 Å². The minimum atomic E-state index is -3.90. The van der Waals surface area contributed by atoms with Crippen molar-refractivity contribution in [2.24, 2.45) is 5.41 Å². The lowest BCUT2D eigenvalue weighted by molar-refractivity contribution is -0.144. The number of fused-ring (bicyclic) bond motifs is 3. The summed E-state index contributed by atoms with van der Waals surface area (Å²) in [7, 11) is -2.22. The summed E-state index contributed by atoms with van der Waals surface area (Å²) in [5.74, 6) is -0.797. The Hall–Kier alpha value is -5.77. The number of ether oxygens (including phenoxy) is 5. The fraction of sp³-hybridized carbons (Fsp3) is 0.528.